The molecule has 2 rings (SSSR count). The van der Waals surface area contributed by atoms with Gasteiger partial charge < -0.3 is 25.8 Å². The number of fused-ring (bicyclic) bond motifs is 1. The molecule has 0 atom stereocenters. The smallest absolute Gasteiger partial charge is 0.303 e. The number of H-pyrrole nitrogens is 1. The van der Waals surface area contributed by atoms with E-state index in [1.807, 2.05) is 0 Å². The van der Waals surface area contributed by atoms with Crippen LogP contribution in [0.5, 0.6) is 0 Å². The van der Waals surface area contributed by atoms with Gasteiger partial charge >= 0.3 is 11.9 Å². The number of nitrogen functional groups attached to an aromatic ring is 1. The van der Waals surface area contributed by atoms with Gasteiger partial charge in [0, 0.05) is 0 Å². The number of ether oxygens (including phenoxy) is 1. The number of rotatable bonds is 7. The molecule has 0 saturated heterocycles. The van der Waals surface area contributed by atoms with Crippen molar-refractivity contribution >= 4 is 29.1 Å². The molecule has 2 aromatic heterocycles. The number of aromatic amines is 1. The predicted octanol–water partition coefficient (Wildman–Crippen LogP) is -1.40. The van der Waals surface area contributed by atoms with Crippen molar-refractivity contribution in [3.8, 4) is 0 Å². The molecule has 132 valence electrons. The van der Waals surface area contributed by atoms with Crippen LogP contribution in [0.3, 0.4) is 0 Å². The van der Waals surface area contributed by atoms with E-state index in [0.717, 1.165) is 0 Å². The van der Waals surface area contributed by atoms with Crippen LogP contribution in [-0.2, 0) is 21.1 Å². The summed E-state index contributed by atoms with van der Waals surface area (Å²) in [5.74, 6) is -2.12. The summed E-state index contributed by atoms with van der Waals surface area (Å²) in [7, 11) is 0. The molecule has 0 saturated carbocycles. The first kappa shape index (κ1) is 19.1. The molecule has 0 bridgehead atoms. The molecule has 2 heterocycles. The number of carboxylic acids is 2. The summed E-state index contributed by atoms with van der Waals surface area (Å²) in [4.78, 5) is 40.9. The third-order valence-electron chi connectivity index (χ3n) is 2.51. The van der Waals surface area contributed by atoms with E-state index < -0.39 is 11.9 Å². The van der Waals surface area contributed by atoms with E-state index in [1.54, 1.807) is 0 Å². The third kappa shape index (κ3) is 6.02. The molecule has 0 unspecified atom stereocenters. The van der Waals surface area contributed by atoms with Gasteiger partial charge in [-0.2, -0.15) is 4.98 Å². The van der Waals surface area contributed by atoms with Crippen molar-refractivity contribution in [2.45, 2.75) is 19.6 Å². The normalized spacial score (nSPS) is 10.2. The van der Waals surface area contributed by atoms with E-state index in [4.69, 9.17) is 25.8 Å². The summed E-state index contributed by atoms with van der Waals surface area (Å²) in [5.41, 5.74) is 5.60. The van der Waals surface area contributed by atoms with Crippen molar-refractivity contribution in [3.05, 3.63) is 16.7 Å². The van der Waals surface area contributed by atoms with Gasteiger partial charge in [-0.05, 0) is 0 Å². The summed E-state index contributed by atoms with van der Waals surface area (Å²) >= 11 is 0. The largest absolute Gasteiger partial charge is 0.481 e. The molecular formula is C12H17N5O7. The van der Waals surface area contributed by atoms with Crippen molar-refractivity contribution in [2.24, 2.45) is 0 Å². The van der Waals surface area contributed by atoms with E-state index in [-0.39, 0.29) is 49.8 Å². The maximum Gasteiger partial charge on any atom is 0.303 e. The van der Waals surface area contributed by atoms with E-state index in [9.17, 15) is 14.4 Å². The van der Waals surface area contributed by atoms with E-state index in [0.29, 0.717) is 5.65 Å². The van der Waals surface area contributed by atoms with E-state index in [1.165, 1.54) is 10.9 Å². The summed E-state index contributed by atoms with van der Waals surface area (Å²) < 4.78 is 6.63. The molecule has 0 aliphatic carbocycles. The number of nitrogens with two attached hydrogens (primary N) is 1. The topological polar surface area (TPSA) is 194 Å². The molecule has 12 nitrogen and oxygen atoms in total. The zero-order valence-corrected chi connectivity index (χ0v) is 12.5. The molecule has 0 aliphatic rings. The standard InChI is InChI=1S/C8H11N5O3.C4H6O4/c9-8-11-6-5(7(15)12-8)10-3-13(6)4-16-2-1-14;5-3(6)1-2-4(7)8/h3,14H,1-2,4H2,(H3,9,11,12,15);1-2H2,(H,5,6)(H,7,8). The fourth-order valence-corrected chi connectivity index (χ4v) is 1.51. The zero-order chi connectivity index (χ0) is 18.1. The number of anilines is 1. The fourth-order valence-electron chi connectivity index (χ4n) is 1.51. The second kappa shape index (κ2) is 9.22. The SMILES string of the molecule is Nc1nc2c(ncn2COCCO)c(=O)[nH]1.O=C(O)CCC(=O)O. The first-order valence-corrected chi connectivity index (χ1v) is 6.68. The van der Waals surface area contributed by atoms with Gasteiger partial charge in [0.1, 0.15) is 6.73 Å². The maximum absolute atomic E-state index is 11.4. The number of nitrogens with one attached hydrogen (secondary N) is 1. The lowest BCUT2D eigenvalue weighted by atomic mass is 10.3. The van der Waals surface area contributed by atoms with Crippen LogP contribution in [0, 0.1) is 0 Å². The van der Waals surface area contributed by atoms with Gasteiger partial charge in [-0.3, -0.25) is 23.9 Å². The first-order valence-electron chi connectivity index (χ1n) is 6.68. The van der Waals surface area contributed by atoms with Gasteiger partial charge in [-0.25, -0.2) is 4.98 Å². The molecule has 12 heteroatoms. The molecule has 0 radical (unpaired) electrons. The summed E-state index contributed by atoms with van der Waals surface area (Å²) in [5, 5.41) is 24.4. The maximum atomic E-state index is 11.4. The molecule has 0 aliphatic heterocycles. The lowest BCUT2D eigenvalue weighted by Gasteiger charge is -2.03. The summed E-state index contributed by atoms with van der Waals surface area (Å²) in [6.07, 6.45) is 0.842. The number of aliphatic carboxylic acids is 2. The minimum absolute atomic E-state index is 0.0291. The van der Waals surface area contributed by atoms with E-state index in [2.05, 4.69) is 15.0 Å². The number of hydrogen-bond donors (Lipinski definition) is 5. The highest BCUT2D eigenvalue weighted by molar-refractivity contribution is 5.75. The zero-order valence-electron chi connectivity index (χ0n) is 12.5. The Labute approximate surface area is 134 Å². The quantitative estimate of drug-likeness (QED) is 0.373. The van der Waals surface area contributed by atoms with Crippen molar-refractivity contribution in [3.63, 3.8) is 0 Å². The Balaban J connectivity index is 0.000000307. The van der Waals surface area contributed by atoms with Gasteiger partial charge in [0.2, 0.25) is 5.95 Å². The molecule has 0 fully saturated rings. The third-order valence-corrected chi connectivity index (χ3v) is 2.51. The number of nitrogens with zero attached hydrogens (tertiary/aromatic N) is 3. The fraction of sp³-hybridized carbons (Fsp3) is 0.417. The van der Waals surface area contributed by atoms with Crippen LogP contribution in [0.2, 0.25) is 0 Å². The monoisotopic (exact) mass is 343 g/mol. The van der Waals surface area contributed by atoms with E-state index >= 15 is 0 Å². The number of imidazole rings is 1. The Bertz CT molecular complexity index is 740. The van der Waals surface area contributed by atoms with Crippen LogP contribution in [0.4, 0.5) is 5.95 Å². The molecular weight excluding hydrogens is 326 g/mol. The lowest BCUT2D eigenvalue weighted by Crippen LogP contribution is -2.13. The van der Waals surface area contributed by atoms with Gasteiger partial charge in [0.15, 0.2) is 11.2 Å². The van der Waals surface area contributed by atoms with Crippen LogP contribution in [0.15, 0.2) is 11.1 Å². The second-order valence-electron chi connectivity index (χ2n) is 4.39. The molecule has 24 heavy (non-hydrogen) atoms. The highest BCUT2D eigenvalue weighted by Gasteiger charge is 2.08. The predicted molar refractivity (Wildman–Crippen MR) is 80.1 cm³/mol. The summed E-state index contributed by atoms with van der Waals surface area (Å²) in [6, 6.07) is 0. The number of carbonyl (C=O) groups is 2. The molecule has 0 spiro atoms. The van der Waals surface area contributed by atoms with Gasteiger partial charge in [-0.1, -0.05) is 0 Å². The van der Waals surface area contributed by atoms with Crippen LogP contribution >= 0.6 is 0 Å². The number of carboxylic acid groups (broad SMARTS) is 2. The Kier molecular flexibility index (Phi) is 7.32. The van der Waals surface area contributed by atoms with Gasteiger partial charge in [-0.15, -0.1) is 0 Å². The molecule has 0 amide bonds. The first-order chi connectivity index (χ1) is 11.3. The Hall–Kier alpha value is -2.99. The lowest BCUT2D eigenvalue weighted by molar-refractivity contribution is -0.143. The number of aromatic nitrogens is 4. The molecule has 0 aromatic carbocycles. The minimum Gasteiger partial charge on any atom is -0.481 e. The van der Waals surface area contributed by atoms with Gasteiger partial charge in [0.05, 0.1) is 32.4 Å². The number of aliphatic hydroxyl groups excluding tert-OH is 1. The summed E-state index contributed by atoms with van der Waals surface area (Å²) in [6.45, 7) is 0.300. The van der Waals surface area contributed by atoms with Crippen LogP contribution in [0.25, 0.3) is 11.2 Å². The van der Waals surface area contributed by atoms with Gasteiger partial charge in [0.25, 0.3) is 5.56 Å². The Morgan fingerprint density at radius 1 is 1.29 bits per heavy atom. The number of aliphatic hydroxyl groups is 1. The van der Waals surface area contributed by atoms with Crippen molar-refractivity contribution < 1.29 is 29.6 Å². The Morgan fingerprint density at radius 3 is 2.46 bits per heavy atom. The van der Waals surface area contributed by atoms with Crippen molar-refractivity contribution in [1.29, 1.82) is 0 Å². The van der Waals surface area contributed by atoms with Crippen LogP contribution < -0.4 is 11.3 Å². The highest BCUT2D eigenvalue weighted by Crippen LogP contribution is 2.05. The second-order valence-corrected chi connectivity index (χ2v) is 4.39. The van der Waals surface area contributed by atoms with Crippen LogP contribution in [0.1, 0.15) is 12.8 Å². The molecule has 2 aromatic rings. The Morgan fingerprint density at radius 2 is 1.92 bits per heavy atom. The highest BCUT2D eigenvalue weighted by atomic mass is 16.5. The minimum atomic E-state index is -1.08. The average Bonchev–Trinajstić information content (AvgIpc) is 2.89. The average molecular weight is 343 g/mol. The van der Waals surface area contributed by atoms with Crippen molar-refractivity contribution in [1.82, 2.24) is 19.5 Å². The van der Waals surface area contributed by atoms with Crippen LogP contribution in [-0.4, -0.2) is 60.0 Å². The number of hydrogen-bond acceptors (Lipinski definition) is 8. The van der Waals surface area contributed by atoms with Crippen molar-refractivity contribution in [2.75, 3.05) is 18.9 Å². The molecule has 6 N–H and O–H groups in total.